The van der Waals surface area contributed by atoms with E-state index in [2.05, 4.69) is 22.5 Å². The van der Waals surface area contributed by atoms with Crippen molar-refractivity contribution < 1.29 is 8.42 Å². The van der Waals surface area contributed by atoms with Crippen LogP contribution >= 0.6 is 24.0 Å². The Bertz CT molecular complexity index is 478. The van der Waals surface area contributed by atoms with Gasteiger partial charge >= 0.3 is 0 Å². The highest BCUT2D eigenvalue weighted by Crippen LogP contribution is 2.40. The summed E-state index contributed by atoms with van der Waals surface area (Å²) in [7, 11) is -1.37. The maximum absolute atomic E-state index is 12.1. The molecule has 0 unspecified atom stereocenters. The van der Waals surface area contributed by atoms with E-state index >= 15 is 0 Å². The number of guanidine groups is 1. The number of hydrogen-bond acceptors (Lipinski definition) is 3. The summed E-state index contributed by atoms with van der Waals surface area (Å²) in [6.07, 6.45) is 6.34. The zero-order valence-corrected chi connectivity index (χ0v) is 18.4. The Balaban J connectivity index is 0.00000484. The molecule has 23 heavy (non-hydrogen) atoms. The maximum Gasteiger partial charge on any atom is 0.191 e. The van der Waals surface area contributed by atoms with E-state index in [9.17, 15) is 8.42 Å². The van der Waals surface area contributed by atoms with Gasteiger partial charge in [0.1, 0.15) is 0 Å². The lowest BCUT2D eigenvalue weighted by molar-refractivity contribution is 0.283. The van der Waals surface area contributed by atoms with Crippen molar-refractivity contribution in [2.24, 2.45) is 10.4 Å². The minimum Gasteiger partial charge on any atom is -0.356 e. The van der Waals surface area contributed by atoms with Crippen LogP contribution in [0.4, 0.5) is 0 Å². The molecule has 1 saturated carbocycles. The standard InChI is InChI=1S/C16H33N3O2S.HI/c1-6-16(9-7-8-10-16)13-19-14(17-5)18-11-12-22(20,21)15(2,3)4;/h6-13H2,1-5H3,(H2,17,18,19);1H. The minimum absolute atomic E-state index is 0. The molecule has 0 atom stereocenters. The van der Waals surface area contributed by atoms with Crippen LogP contribution in [0.5, 0.6) is 0 Å². The van der Waals surface area contributed by atoms with Crippen LogP contribution < -0.4 is 10.6 Å². The number of hydrogen-bond donors (Lipinski definition) is 2. The molecule has 0 amide bonds. The molecule has 0 aromatic rings. The summed E-state index contributed by atoms with van der Waals surface area (Å²) >= 11 is 0. The second-order valence-corrected chi connectivity index (χ2v) is 10.2. The molecule has 0 aliphatic heterocycles. The van der Waals surface area contributed by atoms with Crippen LogP contribution in [0.3, 0.4) is 0 Å². The molecule has 0 aromatic heterocycles. The summed E-state index contributed by atoms with van der Waals surface area (Å²) in [4.78, 5) is 4.20. The van der Waals surface area contributed by atoms with Crippen molar-refractivity contribution in [1.29, 1.82) is 0 Å². The highest BCUT2D eigenvalue weighted by atomic mass is 127. The summed E-state index contributed by atoms with van der Waals surface area (Å²) in [5, 5.41) is 6.49. The second kappa shape index (κ2) is 9.44. The largest absolute Gasteiger partial charge is 0.356 e. The molecule has 0 saturated heterocycles. The number of aliphatic imine (C=N–C) groups is 1. The molecule has 0 spiro atoms. The molecular formula is C16H34IN3O2S. The number of nitrogens with zero attached hydrogens (tertiary/aromatic N) is 1. The summed E-state index contributed by atoms with van der Waals surface area (Å²) in [6, 6.07) is 0. The normalized spacial score (nSPS) is 18.4. The number of nitrogens with one attached hydrogen (secondary N) is 2. The fourth-order valence-electron chi connectivity index (χ4n) is 2.88. The molecule has 0 heterocycles. The highest BCUT2D eigenvalue weighted by Gasteiger charge is 2.32. The lowest BCUT2D eigenvalue weighted by Gasteiger charge is -2.28. The SMILES string of the molecule is CCC1(CNC(=NC)NCCS(=O)(=O)C(C)(C)C)CCCC1.I. The van der Waals surface area contributed by atoms with Crippen LogP contribution in [0.15, 0.2) is 4.99 Å². The Morgan fingerprint density at radius 3 is 2.17 bits per heavy atom. The molecule has 2 N–H and O–H groups in total. The molecule has 1 fully saturated rings. The molecule has 5 nitrogen and oxygen atoms in total. The zero-order valence-electron chi connectivity index (χ0n) is 15.2. The summed E-state index contributed by atoms with van der Waals surface area (Å²) in [5.74, 6) is 0.819. The van der Waals surface area contributed by atoms with Crippen LogP contribution in [0.1, 0.15) is 59.8 Å². The van der Waals surface area contributed by atoms with Crippen molar-refractivity contribution in [3.63, 3.8) is 0 Å². The van der Waals surface area contributed by atoms with Crippen molar-refractivity contribution in [1.82, 2.24) is 10.6 Å². The molecule has 0 bridgehead atoms. The van der Waals surface area contributed by atoms with Gasteiger partial charge in [-0.3, -0.25) is 4.99 Å². The van der Waals surface area contributed by atoms with Gasteiger partial charge in [0.25, 0.3) is 0 Å². The molecule has 0 radical (unpaired) electrons. The van der Waals surface area contributed by atoms with Gasteiger partial charge in [-0.25, -0.2) is 8.42 Å². The Morgan fingerprint density at radius 1 is 1.17 bits per heavy atom. The molecule has 0 aromatic carbocycles. The highest BCUT2D eigenvalue weighted by molar-refractivity contribution is 14.0. The molecular weight excluding hydrogens is 425 g/mol. The summed E-state index contributed by atoms with van der Waals surface area (Å²) in [6.45, 7) is 8.76. The molecule has 1 aliphatic carbocycles. The number of rotatable bonds is 6. The van der Waals surface area contributed by atoms with Crippen LogP contribution in [0.25, 0.3) is 0 Å². The number of halogens is 1. The van der Waals surface area contributed by atoms with E-state index in [4.69, 9.17) is 0 Å². The molecule has 1 aliphatic rings. The molecule has 1 rings (SSSR count). The average molecular weight is 459 g/mol. The first kappa shape index (κ1) is 22.9. The molecule has 138 valence electrons. The Labute approximate surface area is 159 Å². The van der Waals surface area contributed by atoms with Gasteiger partial charge in [-0.15, -0.1) is 24.0 Å². The van der Waals surface area contributed by atoms with Crippen LogP contribution in [-0.4, -0.2) is 45.0 Å². The van der Waals surface area contributed by atoms with Gasteiger partial charge in [0.15, 0.2) is 15.8 Å². The predicted molar refractivity (Wildman–Crippen MR) is 110 cm³/mol. The molecule has 7 heteroatoms. The summed E-state index contributed by atoms with van der Waals surface area (Å²) in [5.41, 5.74) is 0.384. The van der Waals surface area contributed by atoms with Gasteiger partial charge < -0.3 is 10.6 Å². The van der Waals surface area contributed by atoms with Gasteiger partial charge in [-0.1, -0.05) is 19.8 Å². The van der Waals surface area contributed by atoms with Gasteiger partial charge in [0.05, 0.1) is 10.5 Å². The maximum atomic E-state index is 12.1. The first-order valence-electron chi connectivity index (χ1n) is 8.33. The quantitative estimate of drug-likeness (QED) is 0.364. The third kappa shape index (κ3) is 6.76. The van der Waals surface area contributed by atoms with Gasteiger partial charge in [0.2, 0.25) is 0 Å². The fourth-order valence-corrected chi connectivity index (χ4v) is 3.87. The Morgan fingerprint density at radius 2 is 1.74 bits per heavy atom. The fraction of sp³-hybridized carbons (Fsp3) is 0.938. The van der Waals surface area contributed by atoms with Crippen LogP contribution in [0.2, 0.25) is 0 Å². The Kier molecular flexibility index (Phi) is 9.42. The van der Waals surface area contributed by atoms with E-state index in [1.807, 2.05) is 0 Å². The lowest BCUT2D eigenvalue weighted by atomic mass is 9.83. The lowest BCUT2D eigenvalue weighted by Crippen LogP contribution is -2.45. The van der Waals surface area contributed by atoms with Crippen LogP contribution in [0, 0.1) is 5.41 Å². The smallest absolute Gasteiger partial charge is 0.191 e. The van der Waals surface area contributed by atoms with Crippen molar-refractivity contribution in [3.8, 4) is 0 Å². The number of sulfone groups is 1. The topological polar surface area (TPSA) is 70.6 Å². The average Bonchev–Trinajstić information content (AvgIpc) is 2.90. The first-order valence-corrected chi connectivity index (χ1v) is 9.98. The van der Waals surface area contributed by atoms with Gasteiger partial charge in [-0.2, -0.15) is 0 Å². The van der Waals surface area contributed by atoms with Crippen molar-refractivity contribution in [3.05, 3.63) is 0 Å². The third-order valence-corrected chi connectivity index (χ3v) is 7.47. The predicted octanol–water partition coefficient (Wildman–Crippen LogP) is 2.95. The van der Waals surface area contributed by atoms with E-state index in [1.54, 1.807) is 27.8 Å². The van der Waals surface area contributed by atoms with Gasteiger partial charge in [-0.05, 0) is 45.4 Å². The van der Waals surface area contributed by atoms with Gasteiger partial charge in [0, 0.05) is 20.1 Å². The second-order valence-electron chi connectivity index (χ2n) is 7.34. The minimum atomic E-state index is -3.09. The first-order chi connectivity index (χ1) is 10.2. The van der Waals surface area contributed by atoms with E-state index in [0.29, 0.717) is 17.9 Å². The summed E-state index contributed by atoms with van der Waals surface area (Å²) < 4.78 is 23.5. The monoisotopic (exact) mass is 459 g/mol. The third-order valence-electron chi connectivity index (χ3n) is 4.86. The Hall–Kier alpha value is -0.0500. The van der Waals surface area contributed by atoms with E-state index in [-0.39, 0.29) is 29.7 Å². The van der Waals surface area contributed by atoms with Crippen molar-refractivity contribution in [2.75, 3.05) is 25.9 Å². The van der Waals surface area contributed by atoms with Crippen molar-refractivity contribution >= 4 is 39.8 Å². The van der Waals surface area contributed by atoms with Crippen molar-refractivity contribution in [2.45, 2.75) is 64.5 Å². The van der Waals surface area contributed by atoms with E-state index in [0.717, 1.165) is 6.54 Å². The van der Waals surface area contributed by atoms with E-state index < -0.39 is 14.6 Å². The van der Waals surface area contributed by atoms with Crippen LogP contribution in [-0.2, 0) is 9.84 Å². The zero-order chi connectivity index (χ0) is 16.9. The van der Waals surface area contributed by atoms with E-state index in [1.165, 1.54) is 32.1 Å².